The highest BCUT2D eigenvalue weighted by Gasteiger charge is 2.12. The molecule has 0 amide bonds. The average Bonchev–Trinajstić information content (AvgIpc) is 2.64. The second kappa shape index (κ2) is 19.4. The van der Waals surface area contributed by atoms with Crippen molar-refractivity contribution in [1.29, 1.82) is 0 Å². The molecular weight excluding hydrogens is 340 g/mol. The minimum absolute atomic E-state index is 0.0744. The van der Waals surface area contributed by atoms with Crippen molar-refractivity contribution in [3.8, 4) is 0 Å². The molecule has 1 atom stereocenters. The largest absolute Gasteiger partial charge is 0.463 e. The lowest BCUT2D eigenvalue weighted by atomic mass is 10.1. The van der Waals surface area contributed by atoms with Crippen LogP contribution in [0.4, 0.5) is 0 Å². The first-order valence-electron chi connectivity index (χ1n) is 11.1. The molecule has 0 saturated carbocycles. The summed E-state index contributed by atoms with van der Waals surface area (Å²) in [4.78, 5) is 23.3. The van der Waals surface area contributed by atoms with Crippen LogP contribution in [0.1, 0.15) is 111 Å². The van der Waals surface area contributed by atoms with Gasteiger partial charge in [0.05, 0.1) is 18.9 Å². The fraction of sp³-hybridized carbons (Fsp3) is 0.826. The van der Waals surface area contributed by atoms with Crippen LogP contribution >= 0.6 is 0 Å². The quantitative estimate of drug-likeness (QED) is 0.154. The van der Waals surface area contributed by atoms with E-state index in [1.165, 1.54) is 44.9 Å². The Hall–Kier alpha value is -1.32. The van der Waals surface area contributed by atoms with Gasteiger partial charge in [0.1, 0.15) is 6.61 Å². The number of rotatable bonds is 18. The van der Waals surface area contributed by atoms with Crippen LogP contribution in [0, 0.1) is 0 Å². The molecule has 0 spiro atoms. The molecule has 0 aromatic rings. The van der Waals surface area contributed by atoms with Crippen molar-refractivity contribution in [2.24, 2.45) is 0 Å². The first-order chi connectivity index (χ1) is 13.1. The van der Waals surface area contributed by atoms with E-state index in [4.69, 9.17) is 9.47 Å². The van der Waals surface area contributed by atoms with Gasteiger partial charge in [-0.1, -0.05) is 77.4 Å². The van der Waals surface area contributed by atoms with E-state index in [0.717, 1.165) is 32.1 Å². The van der Waals surface area contributed by atoms with Crippen molar-refractivity contribution in [3.05, 3.63) is 12.2 Å². The molecule has 27 heavy (non-hydrogen) atoms. The van der Waals surface area contributed by atoms with E-state index >= 15 is 0 Å². The van der Waals surface area contributed by atoms with Gasteiger partial charge in [-0.2, -0.15) is 0 Å². The number of hydrogen-bond donors (Lipinski definition) is 0. The number of carbonyl (C=O) groups excluding carboxylic acids is 2. The lowest BCUT2D eigenvalue weighted by Crippen LogP contribution is -2.16. The van der Waals surface area contributed by atoms with Crippen molar-refractivity contribution in [1.82, 2.24) is 0 Å². The van der Waals surface area contributed by atoms with E-state index in [1.54, 1.807) is 0 Å². The molecule has 0 aliphatic heterocycles. The van der Waals surface area contributed by atoms with Gasteiger partial charge in [-0.15, -0.1) is 0 Å². The Morgan fingerprint density at radius 1 is 0.778 bits per heavy atom. The Balaban J connectivity index is 3.53. The number of unbranched alkanes of at least 4 members (excludes halogenated alkanes) is 9. The molecule has 0 heterocycles. The monoisotopic (exact) mass is 382 g/mol. The van der Waals surface area contributed by atoms with Crippen molar-refractivity contribution in [2.45, 2.75) is 117 Å². The molecule has 0 bridgehead atoms. The highest BCUT2D eigenvalue weighted by molar-refractivity contribution is 5.77. The van der Waals surface area contributed by atoms with Gasteiger partial charge in [-0.05, 0) is 32.6 Å². The fourth-order valence-corrected chi connectivity index (χ4v) is 2.85. The summed E-state index contributed by atoms with van der Waals surface area (Å²) in [6.45, 7) is 6.58. The van der Waals surface area contributed by atoms with Crippen LogP contribution in [0.3, 0.4) is 0 Å². The summed E-state index contributed by atoms with van der Waals surface area (Å²) in [6, 6.07) is 0. The molecule has 4 nitrogen and oxygen atoms in total. The third kappa shape index (κ3) is 19.3. The van der Waals surface area contributed by atoms with Crippen LogP contribution in [0.5, 0.6) is 0 Å². The fourth-order valence-electron chi connectivity index (χ4n) is 2.85. The molecule has 0 saturated heterocycles. The van der Waals surface area contributed by atoms with Crippen molar-refractivity contribution < 1.29 is 19.1 Å². The molecular formula is C23H42O4. The first kappa shape index (κ1) is 25.7. The van der Waals surface area contributed by atoms with Crippen LogP contribution in [0.25, 0.3) is 0 Å². The number of ether oxygens (including phenoxy) is 2. The third-order valence-corrected chi connectivity index (χ3v) is 4.56. The maximum absolute atomic E-state index is 11.7. The van der Waals surface area contributed by atoms with E-state index < -0.39 is 0 Å². The zero-order chi connectivity index (χ0) is 20.2. The second-order valence-electron chi connectivity index (χ2n) is 7.36. The SMILES string of the molecule is CCCCCCCCC/C=C/COC(=O)CCC(=O)OC(C)CCCCC. The van der Waals surface area contributed by atoms with Gasteiger partial charge in [0, 0.05) is 0 Å². The summed E-state index contributed by atoms with van der Waals surface area (Å²) >= 11 is 0. The zero-order valence-electron chi connectivity index (χ0n) is 18.0. The van der Waals surface area contributed by atoms with E-state index in [-0.39, 0.29) is 37.5 Å². The van der Waals surface area contributed by atoms with E-state index in [2.05, 4.69) is 19.9 Å². The summed E-state index contributed by atoms with van der Waals surface area (Å²) in [5.41, 5.74) is 0. The molecule has 0 aliphatic rings. The standard InChI is InChI=1S/C23H42O4/c1-4-6-8-9-10-11-12-13-14-16-20-26-22(24)18-19-23(25)27-21(3)17-15-7-5-2/h14,16,21H,4-13,15,17-20H2,1-3H3/b16-14+. The lowest BCUT2D eigenvalue weighted by molar-refractivity contribution is -0.152. The molecule has 158 valence electrons. The highest BCUT2D eigenvalue weighted by Crippen LogP contribution is 2.09. The van der Waals surface area contributed by atoms with E-state index in [0.29, 0.717) is 0 Å². The number of allylic oxidation sites excluding steroid dienone is 1. The molecule has 0 aliphatic carbocycles. The maximum Gasteiger partial charge on any atom is 0.306 e. The minimum Gasteiger partial charge on any atom is -0.463 e. The van der Waals surface area contributed by atoms with Gasteiger partial charge in [-0.25, -0.2) is 0 Å². The Kier molecular flexibility index (Phi) is 18.5. The molecule has 0 fully saturated rings. The number of esters is 2. The van der Waals surface area contributed by atoms with Crippen LogP contribution in [0.2, 0.25) is 0 Å². The normalized spacial score (nSPS) is 12.3. The summed E-state index contributed by atoms with van der Waals surface area (Å²) in [5, 5.41) is 0. The lowest BCUT2D eigenvalue weighted by Gasteiger charge is -2.12. The number of carbonyl (C=O) groups is 2. The van der Waals surface area contributed by atoms with Gasteiger partial charge in [0.25, 0.3) is 0 Å². The van der Waals surface area contributed by atoms with Gasteiger partial charge < -0.3 is 9.47 Å². The molecule has 0 rings (SSSR count). The first-order valence-corrected chi connectivity index (χ1v) is 11.1. The number of hydrogen-bond acceptors (Lipinski definition) is 4. The van der Waals surface area contributed by atoms with Gasteiger partial charge in [0.15, 0.2) is 0 Å². The molecule has 0 radical (unpaired) electrons. The molecule has 1 unspecified atom stereocenters. The maximum atomic E-state index is 11.7. The minimum atomic E-state index is -0.342. The predicted octanol–water partition coefficient (Wildman–Crippen LogP) is 6.52. The summed E-state index contributed by atoms with van der Waals surface area (Å²) in [6.07, 6.45) is 18.5. The Morgan fingerprint density at radius 3 is 2.07 bits per heavy atom. The second-order valence-corrected chi connectivity index (χ2v) is 7.36. The van der Waals surface area contributed by atoms with Crippen LogP contribution in [0.15, 0.2) is 12.2 Å². The van der Waals surface area contributed by atoms with Crippen molar-refractivity contribution in [3.63, 3.8) is 0 Å². The van der Waals surface area contributed by atoms with E-state index in [9.17, 15) is 9.59 Å². The highest BCUT2D eigenvalue weighted by atomic mass is 16.5. The van der Waals surface area contributed by atoms with Crippen LogP contribution < -0.4 is 0 Å². The Bertz CT molecular complexity index is 390. The predicted molar refractivity (Wildman–Crippen MR) is 112 cm³/mol. The van der Waals surface area contributed by atoms with Crippen LogP contribution in [-0.4, -0.2) is 24.6 Å². The zero-order valence-corrected chi connectivity index (χ0v) is 18.0. The Labute approximate surface area is 167 Å². The molecule has 0 N–H and O–H groups in total. The van der Waals surface area contributed by atoms with Crippen molar-refractivity contribution in [2.75, 3.05) is 6.61 Å². The summed E-state index contributed by atoms with van der Waals surface area (Å²) in [5.74, 6) is -0.656. The average molecular weight is 383 g/mol. The summed E-state index contributed by atoms with van der Waals surface area (Å²) in [7, 11) is 0. The molecule has 4 heteroatoms. The smallest absolute Gasteiger partial charge is 0.306 e. The van der Waals surface area contributed by atoms with Gasteiger partial charge in [-0.3, -0.25) is 9.59 Å². The van der Waals surface area contributed by atoms with Gasteiger partial charge >= 0.3 is 11.9 Å². The molecule has 0 aromatic heterocycles. The van der Waals surface area contributed by atoms with Crippen molar-refractivity contribution >= 4 is 11.9 Å². The Morgan fingerprint density at radius 2 is 1.37 bits per heavy atom. The van der Waals surface area contributed by atoms with E-state index in [1.807, 2.05) is 13.0 Å². The molecule has 0 aromatic carbocycles. The third-order valence-electron chi connectivity index (χ3n) is 4.56. The topological polar surface area (TPSA) is 52.6 Å². The summed E-state index contributed by atoms with van der Waals surface area (Å²) < 4.78 is 10.4. The van der Waals surface area contributed by atoms with Gasteiger partial charge in [0.2, 0.25) is 0 Å². The van der Waals surface area contributed by atoms with Crippen LogP contribution in [-0.2, 0) is 19.1 Å².